The lowest BCUT2D eigenvalue weighted by atomic mass is 9.96. The molecule has 0 radical (unpaired) electrons. The Kier molecular flexibility index (Phi) is 6.83. The lowest BCUT2D eigenvalue weighted by Crippen LogP contribution is -2.50. The third-order valence-corrected chi connectivity index (χ3v) is 6.60. The molecular weight excluding hydrogens is 282 g/mol. The predicted molar refractivity (Wildman–Crippen MR) is 90.6 cm³/mol. The molecule has 4 nitrogen and oxygen atoms in total. The van der Waals surface area contributed by atoms with Crippen LogP contribution in [0.1, 0.15) is 51.4 Å². The lowest BCUT2D eigenvalue weighted by Gasteiger charge is -2.39. The van der Waals surface area contributed by atoms with E-state index in [2.05, 4.69) is 16.5 Å². The Labute approximate surface area is 133 Å². The van der Waals surface area contributed by atoms with Gasteiger partial charge in [-0.15, -0.1) is 0 Å². The number of nitrogens with zero attached hydrogens (tertiary/aromatic N) is 1. The molecule has 1 aliphatic carbocycles. The molecule has 0 spiro atoms. The van der Waals surface area contributed by atoms with Crippen LogP contribution in [0, 0.1) is 0 Å². The minimum absolute atomic E-state index is 0.214. The van der Waals surface area contributed by atoms with Crippen LogP contribution in [0.2, 0.25) is 0 Å². The second-order valence-electron chi connectivity index (χ2n) is 6.62. The Bertz CT molecular complexity index is 315. The molecule has 122 valence electrons. The van der Waals surface area contributed by atoms with E-state index >= 15 is 0 Å². The Balaban J connectivity index is 1.71. The standard InChI is InChI=1S/C16H31N3OS/c1-21-16(13-17)8-10-19(11-9-16)12-15(20)18-14-6-4-2-3-5-7-14/h14H,2-13,17H2,1H3,(H,18,20). The first kappa shape index (κ1) is 17.1. The molecule has 1 aliphatic heterocycles. The third kappa shape index (κ3) is 5.15. The summed E-state index contributed by atoms with van der Waals surface area (Å²) in [4.78, 5) is 14.5. The molecule has 1 heterocycles. The first-order chi connectivity index (χ1) is 10.2. The summed E-state index contributed by atoms with van der Waals surface area (Å²) in [6.07, 6.45) is 11.9. The Morgan fingerprint density at radius 1 is 1.24 bits per heavy atom. The van der Waals surface area contributed by atoms with Crippen molar-refractivity contribution in [2.75, 3.05) is 32.4 Å². The van der Waals surface area contributed by atoms with Crippen LogP contribution >= 0.6 is 11.8 Å². The quantitative estimate of drug-likeness (QED) is 0.762. The smallest absolute Gasteiger partial charge is 0.234 e. The molecular formula is C16H31N3OS. The van der Waals surface area contributed by atoms with Crippen LogP contribution in [0.3, 0.4) is 0 Å². The van der Waals surface area contributed by atoms with Gasteiger partial charge in [-0.3, -0.25) is 9.69 Å². The Morgan fingerprint density at radius 2 is 1.86 bits per heavy atom. The van der Waals surface area contributed by atoms with Crippen molar-refractivity contribution >= 4 is 17.7 Å². The zero-order chi connectivity index (χ0) is 15.1. The van der Waals surface area contributed by atoms with Crippen LogP contribution in [-0.4, -0.2) is 54.0 Å². The average molecular weight is 314 g/mol. The van der Waals surface area contributed by atoms with E-state index in [-0.39, 0.29) is 10.7 Å². The van der Waals surface area contributed by atoms with Gasteiger partial charge >= 0.3 is 0 Å². The largest absolute Gasteiger partial charge is 0.352 e. The molecule has 2 fully saturated rings. The number of thioether (sulfide) groups is 1. The van der Waals surface area contributed by atoms with E-state index in [0.29, 0.717) is 12.6 Å². The van der Waals surface area contributed by atoms with Gasteiger partial charge in [0.15, 0.2) is 0 Å². The minimum atomic E-state index is 0.214. The molecule has 3 N–H and O–H groups in total. The molecule has 0 unspecified atom stereocenters. The number of amides is 1. The maximum absolute atomic E-state index is 12.2. The molecule has 21 heavy (non-hydrogen) atoms. The topological polar surface area (TPSA) is 58.4 Å². The van der Waals surface area contributed by atoms with Gasteiger partial charge in [-0.25, -0.2) is 0 Å². The normalized spacial score (nSPS) is 24.5. The van der Waals surface area contributed by atoms with Crippen molar-refractivity contribution in [3.63, 3.8) is 0 Å². The highest BCUT2D eigenvalue weighted by atomic mass is 32.2. The first-order valence-corrected chi connectivity index (χ1v) is 9.67. The highest BCUT2D eigenvalue weighted by Gasteiger charge is 2.33. The Hall–Kier alpha value is -0.260. The molecule has 1 saturated carbocycles. The van der Waals surface area contributed by atoms with Gasteiger partial charge in [0.2, 0.25) is 5.91 Å². The number of carbonyl (C=O) groups excluding carboxylic acids is 1. The van der Waals surface area contributed by atoms with Crippen molar-refractivity contribution in [3.8, 4) is 0 Å². The summed E-state index contributed by atoms with van der Waals surface area (Å²) in [7, 11) is 0. The average Bonchev–Trinajstić information content (AvgIpc) is 2.77. The molecule has 0 bridgehead atoms. The molecule has 5 heteroatoms. The highest BCUT2D eigenvalue weighted by Crippen LogP contribution is 2.33. The van der Waals surface area contributed by atoms with Gasteiger partial charge in [0, 0.05) is 30.4 Å². The zero-order valence-electron chi connectivity index (χ0n) is 13.4. The van der Waals surface area contributed by atoms with Crippen molar-refractivity contribution in [3.05, 3.63) is 0 Å². The van der Waals surface area contributed by atoms with Gasteiger partial charge in [0.05, 0.1) is 6.54 Å². The Morgan fingerprint density at radius 3 is 2.38 bits per heavy atom. The monoisotopic (exact) mass is 313 g/mol. The predicted octanol–water partition coefficient (Wildman–Crippen LogP) is 1.98. The maximum Gasteiger partial charge on any atom is 0.234 e. The van der Waals surface area contributed by atoms with Crippen LogP contribution in [-0.2, 0) is 4.79 Å². The van der Waals surface area contributed by atoms with Crippen molar-refractivity contribution in [2.45, 2.75) is 62.2 Å². The summed E-state index contributed by atoms with van der Waals surface area (Å²) in [6, 6.07) is 0.416. The number of nitrogens with one attached hydrogen (secondary N) is 1. The molecule has 0 aromatic carbocycles. The van der Waals surface area contributed by atoms with E-state index in [1.165, 1.54) is 25.7 Å². The molecule has 0 aromatic heterocycles. The summed E-state index contributed by atoms with van der Waals surface area (Å²) in [5.74, 6) is 0.214. The summed E-state index contributed by atoms with van der Waals surface area (Å²) < 4.78 is 0.244. The SMILES string of the molecule is CSC1(CN)CCN(CC(=O)NC2CCCCCC2)CC1. The van der Waals surface area contributed by atoms with Crippen LogP contribution in [0.25, 0.3) is 0 Å². The van der Waals surface area contributed by atoms with Crippen LogP contribution < -0.4 is 11.1 Å². The molecule has 1 saturated heterocycles. The van der Waals surface area contributed by atoms with E-state index in [0.717, 1.165) is 45.3 Å². The van der Waals surface area contributed by atoms with Crippen molar-refractivity contribution in [1.82, 2.24) is 10.2 Å². The molecule has 0 aromatic rings. The second-order valence-corrected chi connectivity index (χ2v) is 7.90. The lowest BCUT2D eigenvalue weighted by molar-refractivity contribution is -0.123. The van der Waals surface area contributed by atoms with E-state index in [9.17, 15) is 4.79 Å². The second kappa shape index (κ2) is 8.39. The number of hydrogen-bond acceptors (Lipinski definition) is 4. The number of rotatable bonds is 5. The van der Waals surface area contributed by atoms with E-state index in [1.54, 1.807) is 0 Å². The molecule has 2 rings (SSSR count). The van der Waals surface area contributed by atoms with Gasteiger partial charge in [-0.1, -0.05) is 25.7 Å². The maximum atomic E-state index is 12.2. The fourth-order valence-electron chi connectivity index (χ4n) is 3.51. The number of likely N-dealkylation sites (tertiary alicyclic amines) is 1. The molecule has 2 aliphatic rings. The number of piperidine rings is 1. The number of carbonyl (C=O) groups is 1. The van der Waals surface area contributed by atoms with Crippen LogP contribution in [0.15, 0.2) is 0 Å². The third-order valence-electron chi connectivity index (χ3n) is 5.16. The minimum Gasteiger partial charge on any atom is -0.352 e. The summed E-state index contributed by atoms with van der Waals surface area (Å²) >= 11 is 1.89. The fraction of sp³-hybridized carbons (Fsp3) is 0.938. The van der Waals surface area contributed by atoms with Crippen LogP contribution in [0.5, 0.6) is 0 Å². The highest BCUT2D eigenvalue weighted by molar-refractivity contribution is 8.00. The van der Waals surface area contributed by atoms with Gasteiger partial charge < -0.3 is 11.1 Å². The zero-order valence-corrected chi connectivity index (χ0v) is 14.2. The summed E-state index contributed by atoms with van der Waals surface area (Å²) in [5.41, 5.74) is 5.92. The number of hydrogen-bond donors (Lipinski definition) is 2. The van der Waals surface area contributed by atoms with Gasteiger partial charge in [0.25, 0.3) is 0 Å². The van der Waals surface area contributed by atoms with Crippen molar-refractivity contribution in [2.24, 2.45) is 5.73 Å². The van der Waals surface area contributed by atoms with Gasteiger partial charge in [0.1, 0.15) is 0 Å². The fourth-order valence-corrected chi connectivity index (χ4v) is 4.27. The van der Waals surface area contributed by atoms with Gasteiger partial charge in [-0.2, -0.15) is 11.8 Å². The first-order valence-electron chi connectivity index (χ1n) is 8.44. The van der Waals surface area contributed by atoms with Crippen molar-refractivity contribution < 1.29 is 4.79 Å². The van der Waals surface area contributed by atoms with E-state index < -0.39 is 0 Å². The van der Waals surface area contributed by atoms with Crippen LogP contribution in [0.4, 0.5) is 0 Å². The van der Waals surface area contributed by atoms with Gasteiger partial charge in [-0.05, 0) is 31.9 Å². The number of nitrogens with two attached hydrogens (primary N) is 1. The summed E-state index contributed by atoms with van der Waals surface area (Å²) in [5, 5.41) is 3.24. The molecule has 0 atom stereocenters. The molecule has 1 amide bonds. The van der Waals surface area contributed by atoms with Crippen molar-refractivity contribution in [1.29, 1.82) is 0 Å². The van der Waals surface area contributed by atoms with E-state index in [1.807, 2.05) is 11.8 Å². The summed E-state index contributed by atoms with van der Waals surface area (Å²) in [6.45, 7) is 3.30. The van der Waals surface area contributed by atoms with E-state index in [4.69, 9.17) is 5.73 Å².